The van der Waals surface area contributed by atoms with Crippen molar-refractivity contribution in [1.82, 2.24) is 5.32 Å². The zero-order valence-corrected chi connectivity index (χ0v) is 17.5. The Kier molecular flexibility index (Phi) is 4.59. The van der Waals surface area contributed by atoms with Crippen LogP contribution in [0.5, 0.6) is 0 Å². The molecule has 1 saturated heterocycles. The number of carbonyl (C=O) groups excluding carboxylic acids is 2. The molecule has 6 heteroatoms. The standard InChI is InChI=1S/C25H20ClFN2O2/c1-14-21(16-11-12-18(26)19(27)13-16)25(17-9-5-6-10-20(17)28-24(25)31)22(29-23(14)30)15-7-3-2-4-8-15/h2-14,21-22H,1H3,(H,28,31)(H,29,30)/t14-,21-,22+,25-/m0/s1. The molecule has 5 rings (SSSR count). The molecule has 0 saturated carbocycles. The molecule has 156 valence electrons. The molecular formula is C25H20ClFN2O2. The minimum Gasteiger partial charge on any atom is -0.348 e. The maximum atomic E-state index is 14.5. The first kappa shape index (κ1) is 19.8. The van der Waals surface area contributed by atoms with Gasteiger partial charge in [0.25, 0.3) is 0 Å². The van der Waals surface area contributed by atoms with Gasteiger partial charge in [-0.25, -0.2) is 4.39 Å². The van der Waals surface area contributed by atoms with Crippen molar-refractivity contribution in [2.45, 2.75) is 24.3 Å². The predicted molar refractivity (Wildman–Crippen MR) is 117 cm³/mol. The van der Waals surface area contributed by atoms with Gasteiger partial charge in [0, 0.05) is 17.5 Å². The van der Waals surface area contributed by atoms with Gasteiger partial charge >= 0.3 is 0 Å². The van der Waals surface area contributed by atoms with Crippen LogP contribution in [0.25, 0.3) is 0 Å². The molecule has 4 nitrogen and oxygen atoms in total. The van der Waals surface area contributed by atoms with Gasteiger partial charge in [0.05, 0.1) is 11.1 Å². The third kappa shape index (κ3) is 2.80. The summed E-state index contributed by atoms with van der Waals surface area (Å²) in [6.07, 6.45) is 0. The zero-order chi connectivity index (χ0) is 21.8. The van der Waals surface area contributed by atoms with Crippen LogP contribution in [0.15, 0.2) is 72.8 Å². The highest BCUT2D eigenvalue weighted by atomic mass is 35.5. The van der Waals surface area contributed by atoms with E-state index >= 15 is 0 Å². The fourth-order valence-corrected chi connectivity index (χ4v) is 5.38. The normalized spacial score (nSPS) is 27.0. The topological polar surface area (TPSA) is 58.2 Å². The molecule has 31 heavy (non-hydrogen) atoms. The monoisotopic (exact) mass is 434 g/mol. The zero-order valence-electron chi connectivity index (χ0n) is 16.7. The summed E-state index contributed by atoms with van der Waals surface area (Å²) in [7, 11) is 0. The first-order chi connectivity index (χ1) is 14.9. The summed E-state index contributed by atoms with van der Waals surface area (Å²) in [5.41, 5.74) is 1.73. The Morgan fingerprint density at radius 3 is 2.39 bits per heavy atom. The Balaban J connectivity index is 1.83. The Hall–Kier alpha value is -3.18. The van der Waals surface area contributed by atoms with Gasteiger partial charge in [-0.3, -0.25) is 9.59 Å². The van der Waals surface area contributed by atoms with Gasteiger partial charge in [-0.15, -0.1) is 0 Å². The van der Waals surface area contributed by atoms with Gasteiger partial charge in [0.15, 0.2) is 0 Å². The highest BCUT2D eigenvalue weighted by molar-refractivity contribution is 6.30. The number of piperidine rings is 1. The molecule has 1 spiro atoms. The van der Waals surface area contributed by atoms with E-state index in [1.54, 1.807) is 13.0 Å². The maximum Gasteiger partial charge on any atom is 0.238 e. The van der Waals surface area contributed by atoms with Gasteiger partial charge in [0.1, 0.15) is 11.2 Å². The summed E-state index contributed by atoms with van der Waals surface area (Å²) in [5.74, 6) is -2.14. The lowest BCUT2D eigenvalue weighted by Crippen LogP contribution is -2.60. The van der Waals surface area contributed by atoms with Crippen molar-refractivity contribution >= 4 is 29.1 Å². The number of fused-ring (bicyclic) bond motifs is 2. The molecule has 2 aliphatic heterocycles. The van der Waals surface area contributed by atoms with Crippen LogP contribution in [0.3, 0.4) is 0 Å². The highest BCUT2D eigenvalue weighted by Crippen LogP contribution is 2.58. The van der Waals surface area contributed by atoms with Gasteiger partial charge < -0.3 is 10.6 Å². The molecule has 0 aliphatic carbocycles. The number of benzene rings is 3. The number of halogens is 2. The number of hydrogen-bond donors (Lipinski definition) is 2. The maximum absolute atomic E-state index is 14.5. The first-order valence-corrected chi connectivity index (χ1v) is 10.5. The van der Waals surface area contributed by atoms with Gasteiger partial charge in [-0.05, 0) is 34.9 Å². The summed E-state index contributed by atoms with van der Waals surface area (Å²) in [5, 5.41) is 6.10. The average molecular weight is 435 g/mol. The number of amides is 2. The van der Waals surface area contributed by atoms with E-state index in [1.165, 1.54) is 12.1 Å². The summed E-state index contributed by atoms with van der Waals surface area (Å²) in [6.45, 7) is 1.78. The molecule has 3 aromatic rings. The molecule has 2 amide bonds. The van der Waals surface area contributed by atoms with E-state index in [2.05, 4.69) is 10.6 Å². The van der Waals surface area contributed by atoms with Gasteiger partial charge in [-0.2, -0.15) is 0 Å². The van der Waals surface area contributed by atoms with Gasteiger partial charge in [-0.1, -0.05) is 73.1 Å². The van der Waals surface area contributed by atoms with E-state index in [4.69, 9.17) is 11.6 Å². The number of para-hydroxylation sites is 1. The van der Waals surface area contributed by atoms with E-state index in [0.29, 0.717) is 11.3 Å². The number of rotatable bonds is 2. The predicted octanol–water partition coefficient (Wildman–Crippen LogP) is 4.96. The van der Waals surface area contributed by atoms with Crippen LogP contribution in [0, 0.1) is 11.7 Å². The fourth-order valence-electron chi connectivity index (χ4n) is 5.26. The molecule has 0 unspecified atom stereocenters. The Labute approximate surface area is 184 Å². The number of hydrogen-bond acceptors (Lipinski definition) is 2. The SMILES string of the molecule is C[C@@H]1C(=O)N[C@H](c2ccccc2)[C@@]2(C(=O)Nc3ccccc32)[C@@H]1c1ccc(Cl)c(F)c1. The lowest BCUT2D eigenvalue weighted by atomic mass is 9.56. The Bertz CT molecular complexity index is 1200. The molecular weight excluding hydrogens is 415 g/mol. The molecule has 3 aromatic carbocycles. The summed E-state index contributed by atoms with van der Waals surface area (Å²) >= 11 is 5.94. The molecule has 0 radical (unpaired) electrons. The quantitative estimate of drug-likeness (QED) is 0.599. The summed E-state index contributed by atoms with van der Waals surface area (Å²) < 4.78 is 14.5. The number of nitrogens with one attached hydrogen (secondary N) is 2. The summed E-state index contributed by atoms with van der Waals surface area (Å²) in [6, 6.07) is 20.9. The molecule has 1 fully saturated rings. The van der Waals surface area contributed by atoms with E-state index in [1.807, 2.05) is 54.6 Å². The van der Waals surface area contributed by atoms with Crippen molar-refractivity contribution in [2.24, 2.45) is 5.92 Å². The van der Waals surface area contributed by atoms with Crippen molar-refractivity contribution in [3.63, 3.8) is 0 Å². The highest BCUT2D eigenvalue weighted by Gasteiger charge is 2.63. The van der Waals surface area contributed by atoms with Crippen molar-refractivity contribution in [1.29, 1.82) is 0 Å². The van der Waals surface area contributed by atoms with Crippen molar-refractivity contribution in [3.8, 4) is 0 Å². The van der Waals surface area contributed by atoms with E-state index < -0.39 is 29.1 Å². The van der Waals surface area contributed by atoms with E-state index in [9.17, 15) is 14.0 Å². The minimum absolute atomic E-state index is 0.00148. The molecule has 0 bridgehead atoms. The van der Waals surface area contributed by atoms with Crippen LogP contribution < -0.4 is 10.6 Å². The van der Waals surface area contributed by atoms with Crippen molar-refractivity contribution < 1.29 is 14.0 Å². The second kappa shape index (κ2) is 7.20. The van der Waals surface area contributed by atoms with Crippen molar-refractivity contribution in [2.75, 3.05) is 5.32 Å². The smallest absolute Gasteiger partial charge is 0.238 e. The third-order valence-corrected chi connectivity index (χ3v) is 6.88. The van der Waals surface area contributed by atoms with Crippen LogP contribution in [0.2, 0.25) is 5.02 Å². The fraction of sp³-hybridized carbons (Fsp3) is 0.200. The largest absolute Gasteiger partial charge is 0.348 e. The van der Waals surface area contributed by atoms with Crippen LogP contribution in [-0.2, 0) is 15.0 Å². The second-order valence-electron chi connectivity index (χ2n) is 8.16. The van der Waals surface area contributed by atoms with Crippen LogP contribution in [0.1, 0.15) is 35.6 Å². The lowest BCUT2D eigenvalue weighted by Gasteiger charge is -2.49. The van der Waals surface area contributed by atoms with Gasteiger partial charge in [0.2, 0.25) is 11.8 Å². The summed E-state index contributed by atoms with van der Waals surface area (Å²) in [4.78, 5) is 26.9. The molecule has 2 heterocycles. The van der Waals surface area contributed by atoms with Crippen LogP contribution in [-0.4, -0.2) is 11.8 Å². The van der Waals surface area contributed by atoms with Crippen LogP contribution >= 0.6 is 11.6 Å². The Morgan fingerprint density at radius 1 is 0.935 bits per heavy atom. The molecule has 4 atom stereocenters. The number of carbonyl (C=O) groups is 2. The Morgan fingerprint density at radius 2 is 1.65 bits per heavy atom. The molecule has 0 aromatic heterocycles. The molecule has 2 aliphatic rings. The molecule has 2 N–H and O–H groups in total. The van der Waals surface area contributed by atoms with Crippen LogP contribution in [0.4, 0.5) is 10.1 Å². The third-order valence-electron chi connectivity index (χ3n) is 6.58. The minimum atomic E-state index is -1.15. The van der Waals surface area contributed by atoms with Crippen molar-refractivity contribution in [3.05, 3.63) is 100 Å². The first-order valence-electron chi connectivity index (χ1n) is 10.2. The number of anilines is 1. The average Bonchev–Trinajstić information content (AvgIpc) is 3.06. The lowest BCUT2D eigenvalue weighted by molar-refractivity contribution is -0.135. The second-order valence-corrected chi connectivity index (χ2v) is 8.57. The van der Waals surface area contributed by atoms with E-state index in [0.717, 1.165) is 11.1 Å². The van der Waals surface area contributed by atoms with E-state index in [-0.39, 0.29) is 16.8 Å².